The quantitative estimate of drug-likeness (QED) is 0.712. The molecule has 1 aromatic carbocycles. The zero-order valence-electron chi connectivity index (χ0n) is 11.5. The fourth-order valence-corrected chi connectivity index (χ4v) is 4.11. The molecule has 0 saturated carbocycles. The second-order valence-corrected chi connectivity index (χ2v) is 7.66. The highest BCUT2D eigenvalue weighted by molar-refractivity contribution is 8.00. The molecule has 1 amide bonds. The van der Waals surface area contributed by atoms with Crippen LogP contribution in [0.5, 0.6) is 0 Å². The van der Waals surface area contributed by atoms with Crippen molar-refractivity contribution < 1.29 is 4.79 Å². The summed E-state index contributed by atoms with van der Waals surface area (Å²) in [5.41, 5.74) is 0.739. The van der Waals surface area contributed by atoms with E-state index < -0.39 is 0 Å². The number of nitrogens with zero attached hydrogens (tertiary/aromatic N) is 4. The van der Waals surface area contributed by atoms with Crippen molar-refractivity contribution >= 4 is 46.0 Å². The first-order valence-corrected chi connectivity index (χ1v) is 8.94. The molecule has 9 heteroatoms. The third kappa shape index (κ3) is 3.87. The molecule has 2 aromatic heterocycles. The zero-order valence-corrected chi connectivity index (χ0v) is 14.0. The molecule has 0 spiro atoms. The number of hydrogen-bond acceptors (Lipinski definition) is 8. The summed E-state index contributed by atoms with van der Waals surface area (Å²) in [6, 6.07) is 9.27. The Morgan fingerprint density at radius 2 is 1.95 bits per heavy atom. The number of nitrogens with one attached hydrogen (secondary N) is 1. The van der Waals surface area contributed by atoms with E-state index in [4.69, 9.17) is 0 Å². The Balaban J connectivity index is 1.59. The van der Waals surface area contributed by atoms with Crippen LogP contribution in [-0.4, -0.2) is 26.3 Å². The van der Waals surface area contributed by atoms with Gasteiger partial charge in [0.1, 0.15) is 10.0 Å². The van der Waals surface area contributed by atoms with Crippen molar-refractivity contribution in [3.05, 3.63) is 45.4 Å². The molecule has 112 valence electrons. The first-order valence-electron chi connectivity index (χ1n) is 6.32. The minimum absolute atomic E-state index is 0.244. The van der Waals surface area contributed by atoms with Gasteiger partial charge < -0.3 is 5.32 Å². The lowest BCUT2D eigenvalue weighted by Gasteiger charge is -2.00. The van der Waals surface area contributed by atoms with Gasteiger partial charge in [0.05, 0.1) is 5.75 Å². The van der Waals surface area contributed by atoms with Crippen molar-refractivity contribution in [2.24, 2.45) is 0 Å². The fourth-order valence-electron chi connectivity index (χ4n) is 1.57. The van der Waals surface area contributed by atoms with Gasteiger partial charge in [-0.05, 0) is 19.1 Å². The predicted octanol–water partition coefficient (Wildman–Crippen LogP) is 3.24. The normalized spacial score (nSPS) is 10.6. The molecule has 0 unspecified atom stereocenters. The molecule has 0 saturated heterocycles. The summed E-state index contributed by atoms with van der Waals surface area (Å²) in [6.45, 7) is 1.92. The highest BCUT2D eigenvalue weighted by Gasteiger charge is 2.13. The Kier molecular flexibility index (Phi) is 4.76. The summed E-state index contributed by atoms with van der Waals surface area (Å²) < 4.78 is 0.892. The molecule has 0 aliphatic carbocycles. The molecule has 6 nitrogen and oxygen atoms in total. The van der Waals surface area contributed by atoms with Crippen molar-refractivity contribution in [3.63, 3.8) is 0 Å². The number of thioether (sulfide) groups is 1. The molecule has 3 rings (SSSR count). The number of rotatable bonds is 5. The number of aryl methyl sites for hydroxylation is 1. The Morgan fingerprint density at radius 3 is 2.68 bits per heavy atom. The summed E-state index contributed by atoms with van der Waals surface area (Å²) in [4.78, 5) is 12.1. The van der Waals surface area contributed by atoms with Crippen LogP contribution >= 0.6 is 34.4 Å². The van der Waals surface area contributed by atoms with E-state index in [0.29, 0.717) is 10.8 Å². The Hall–Kier alpha value is -1.84. The van der Waals surface area contributed by atoms with E-state index in [-0.39, 0.29) is 5.91 Å². The average Bonchev–Trinajstić information content (AvgIpc) is 3.15. The van der Waals surface area contributed by atoms with Gasteiger partial charge in [-0.2, -0.15) is 0 Å². The second kappa shape index (κ2) is 6.95. The summed E-state index contributed by atoms with van der Waals surface area (Å²) in [5.74, 6) is 0.386. The predicted molar refractivity (Wildman–Crippen MR) is 88.5 cm³/mol. The lowest BCUT2D eigenvalue weighted by Crippen LogP contribution is -2.11. The number of para-hydroxylation sites is 1. The molecule has 3 aromatic rings. The van der Waals surface area contributed by atoms with E-state index in [1.54, 1.807) is 11.8 Å². The van der Waals surface area contributed by atoms with Crippen LogP contribution in [0.1, 0.15) is 19.8 Å². The summed E-state index contributed by atoms with van der Waals surface area (Å²) in [5, 5.41) is 20.8. The first-order chi connectivity index (χ1) is 10.7. The molecular formula is C13H11N5OS3. The van der Waals surface area contributed by atoms with Crippen LogP contribution in [0.4, 0.5) is 5.69 Å². The van der Waals surface area contributed by atoms with E-state index in [2.05, 4.69) is 25.7 Å². The molecule has 0 atom stereocenters. The first kappa shape index (κ1) is 15.1. The van der Waals surface area contributed by atoms with Crippen molar-refractivity contribution in [2.75, 3.05) is 5.32 Å². The van der Waals surface area contributed by atoms with Crippen LogP contribution in [-0.2, 0) is 5.75 Å². The van der Waals surface area contributed by atoms with Crippen LogP contribution in [0.25, 0.3) is 0 Å². The van der Waals surface area contributed by atoms with Gasteiger partial charge in [0.25, 0.3) is 5.91 Å². The fraction of sp³-hybridized carbons (Fsp3) is 0.154. The molecule has 0 bridgehead atoms. The highest BCUT2D eigenvalue weighted by atomic mass is 32.2. The highest BCUT2D eigenvalue weighted by Crippen LogP contribution is 2.26. The smallest absolute Gasteiger partial charge is 0.286 e. The molecular weight excluding hydrogens is 338 g/mol. The van der Waals surface area contributed by atoms with Crippen molar-refractivity contribution in [3.8, 4) is 0 Å². The number of carbonyl (C=O) groups excluding carboxylic acids is 1. The SMILES string of the molecule is Cc1nnc(SCc2nnc(C(=O)Nc3ccccc3)s2)s1. The monoisotopic (exact) mass is 349 g/mol. The maximum atomic E-state index is 12.1. The maximum Gasteiger partial charge on any atom is 0.286 e. The minimum Gasteiger partial charge on any atom is -0.320 e. The third-order valence-electron chi connectivity index (χ3n) is 2.52. The molecule has 0 fully saturated rings. The van der Waals surface area contributed by atoms with Gasteiger partial charge >= 0.3 is 0 Å². The van der Waals surface area contributed by atoms with Gasteiger partial charge in [-0.1, -0.05) is 52.6 Å². The van der Waals surface area contributed by atoms with Crippen LogP contribution in [0.2, 0.25) is 0 Å². The van der Waals surface area contributed by atoms with Crippen LogP contribution in [0.3, 0.4) is 0 Å². The average molecular weight is 349 g/mol. The number of anilines is 1. The van der Waals surface area contributed by atoms with Crippen molar-refractivity contribution in [2.45, 2.75) is 17.0 Å². The van der Waals surface area contributed by atoms with Crippen LogP contribution in [0, 0.1) is 6.92 Å². The van der Waals surface area contributed by atoms with E-state index >= 15 is 0 Å². The zero-order chi connectivity index (χ0) is 15.4. The Morgan fingerprint density at radius 1 is 1.14 bits per heavy atom. The van der Waals surface area contributed by atoms with Gasteiger partial charge in [-0.15, -0.1) is 20.4 Å². The van der Waals surface area contributed by atoms with Gasteiger partial charge in [0, 0.05) is 5.69 Å². The largest absolute Gasteiger partial charge is 0.320 e. The third-order valence-corrected chi connectivity index (χ3v) is 5.61. The molecule has 2 heterocycles. The number of benzene rings is 1. The lowest BCUT2D eigenvalue weighted by molar-refractivity contribution is 0.102. The van der Waals surface area contributed by atoms with E-state index in [1.807, 2.05) is 37.3 Å². The molecule has 0 aliphatic heterocycles. The van der Waals surface area contributed by atoms with Crippen LogP contribution < -0.4 is 5.32 Å². The van der Waals surface area contributed by atoms with Gasteiger partial charge in [0.2, 0.25) is 5.01 Å². The lowest BCUT2D eigenvalue weighted by atomic mass is 10.3. The van der Waals surface area contributed by atoms with E-state index in [0.717, 1.165) is 20.0 Å². The number of hydrogen-bond donors (Lipinski definition) is 1. The molecule has 0 radical (unpaired) electrons. The minimum atomic E-state index is -0.244. The molecule has 1 N–H and O–H groups in total. The summed E-state index contributed by atoms with van der Waals surface area (Å²) >= 11 is 4.37. The summed E-state index contributed by atoms with van der Waals surface area (Å²) in [7, 11) is 0. The van der Waals surface area contributed by atoms with E-state index in [9.17, 15) is 4.79 Å². The van der Waals surface area contributed by atoms with Gasteiger partial charge in [-0.3, -0.25) is 4.79 Å². The van der Waals surface area contributed by atoms with Crippen LogP contribution in [0.15, 0.2) is 34.7 Å². The molecule has 0 aliphatic rings. The Labute approximate surface area is 139 Å². The number of amides is 1. The molecule has 22 heavy (non-hydrogen) atoms. The topological polar surface area (TPSA) is 80.7 Å². The summed E-state index contributed by atoms with van der Waals surface area (Å²) in [6.07, 6.45) is 0. The second-order valence-electron chi connectivity index (χ2n) is 4.20. The van der Waals surface area contributed by atoms with Gasteiger partial charge in [0.15, 0.2) is 4.34 Å². The van der Waals surface area contributed by atoms with E-state index in [1.165, 1.54) is 22.7 Å². The standard InChI is InChI=1S/C13H11N5OS3/c1-8-15-18-13(21-8)20-7-10-16-17-12(22-10)11(19)14-9-5-3-2-4-6-9/h2-6H,7H2,1H3,(H,14,19). The Bertz CT molecular complexity index is 771. The van der Waals surface area contributed by atoms with Crippen molar-refractivity contribution in [1.29, 1.82) is 0 Å². The number of carbonyl (C=O) groups is 1. The maximum absolute atomic E-state index is 12.1. The van der Waals surface area contributed by atoms with Gasteiger partial charge in [-0.25, -0.2) is 0 Å². The number of aromatic nitrogens is 4. The van der Waals surface area contributed by atoms with Crippen molar-refractivity contribution in [1.82, 2.24) is 20.4 Å².